The van der Waals surface area contributed by atoms with Gasteiger partial charge in [-0.25, -0.2) is 4.79 Å². The highest BCUT2D eigenvalue weighted by Gasteiger charge is 2.30. The minimum absolute atomic E-state index is 0.514. The van der Waals surface area contributed by atoms with Gasteiger partial charge in [-0.1, -0.05) is 0 Å². The summed E-state index contributed by atoms with van der Waals surface area (Å²) in [5, 5.41) is 9.92. The van der Waals surface area contributed by atoms with Crippen LogP contribution in [0.25, 0.3) is 0 Å². The Balaban J connectivity index is 2.46. The molecule has 1 fully saturated rings. The van der Waals surface area contributed by atoms with Gasteiger partial charge in [-0.3, -0.25) is 0 Å². The third-order valence-corrected chi connectivity index (χ3v) is 1.61. The largest absolute Gasteiger partial charge is 0.372 e. The molecule has 10 heavy (non-hydrogen) atoms. The van der Waals surface area contributed by atoms with Gasteiger partial charge in [-0.2, -0.15) is 11.0 Å². The fourth-order valence-corrected chi connectivity index (χ4v) is 1.07. The summed E-state index contributed by atoms with van der Waals surface area (Å²) in [6, 6.07) is -0.551. The first-order valence-corrected chi connectivity index (χ1v) is 3.12. The van der Waals surface area contributed by atoms with Gasteiger partial charge in [0.2, 0.25) is 0 Å². The zero-order valence-corrected chi connectivity index (χ0v) is 5.49. The lowest BCUT2D eigenvalue weighted by Gasteiger charge is -2.13. The van der Waals surface area contributed by atoms with Crippen LogP contribution in [0.2, 0.25) is 0 Å². The molecule has 5 nitrogen and oxygen atoms in total. The molecule has 1 saturated heterocycles. The van der Waals surface area contributed by atoms with Crippen molar-refractivity contribution in [3.05, 3.63) is 0 Å². The zero-order valence-electron chi connectivity index (χ0n) is 5.49. The summed E-state index contributed by atoms with van der Waals surface area (Å²) in [6.07, 6.45) is 1.42. The molecule has 0 radical (unpaired) electrons. The monoisotopic (exact) mass is 146 g/mol. The van der Waals surface area contributed by atoms with Crippen LogP contribution in [-0.4, -0.2) is 28.8 Å². The van der Waals surface area contributed by atoms with E-state index in [2.05, 4.69) is 10.7 Å². The maximum atomic E-state index is 10.7. The predicted molar refractivity (Wildman–Crippen MR) is 31.8 cm³/mol. The smallest absolute Gasteiger partial charge is 0.344 e. The molecule has 0 amide bonds. The minimum atomic E-state index is -0.569. The standard InChI is InChI=1S/C5H10N2O3/c6-10-5(8)4-2-1-3-7(4)9/h4,9H,1-3,6H2. The molecular weight excluding hydrogens is 136 g/mol. The number of rotatable bonds is 1. The van der Waals surface area contributed by atoms with Crippen molar-refractivity contribution in [3.63, 3.8) is 0 Å². The fourth-order valence-electron chi connectivity index (χ4n) is 1.07. The van der Waals surface area contributed by atoms with Gasteiger partial charge in [0.1, 0.15) is 6.04 Å². The topological polar surface area (TPSA) is 75.8 Å². The maximum absolute atomic E-state index is 10.7. The SMILES string of the molecule is NOC(=O)C1CCCN1O. The highest BCUT2D eigenvalue weighted by Crippen LogP contribution is 2.14. The van der Waals surface area contributed by atoms with E-state index < -0.39 is 12.0 Å². The van der Waals surface area contributed by atoms with E-state index in [1.54, 1.807) is 0 Å². The molecule has 5 heteroatoms. The van der Waals surface area contributed by atoms with Crippen LogP contribution in [-0.2, 0) is 9.63 Å². The van der Waals surface area contributed by atoms with Crippen LogP contribution in [0.1, 0.15) is 12.8 Å². The molecule has 1 heterocycles. The van der Waals surface area contributed by atoms with Gasteiger partial charge in [0.05, 0.1) is 0 Å². The molecule has 0 aromatic heterocycles. The molecule has 1 aliphatic heterocycles. The number of carbonyl (C=O) groups excluding carboxylic acids is 1. The van der Waals surface area contributed by atoms with Gasteiger partial charge in [-0.05, 0) is 12.8 Å². The van der Waals surface area contributed by atoms with Crippen molar-refractivity contribution < 1.29 is 14.8 Å². The van der Waals surface area contributed by atoms with Gasteiger partial charge >= 0.3 is 5.97 Å². The molecule has 1 rings (SSSR count). The first-order chi connectivity index (χ1) is 4.75. The molecule has 1 aliphatic rings. The Bertz CT molecular complexity index is 139. The molecule has 0 aliphatic carbocycles. The highest BCUT2D eigenvalue weighted by atomic mass is 16.7. The summed E-state index contributed by atoms with van der Waals surface area (Å²) < 4.78 is 0. The number of nitrogens with zero attached hydrogens (tertiary/aromatic N) is 1. The Kier molecular flexibility index (Phi) is 2.21. The number of hydroxylamine groups is 2. The summed E-state index contributed by atoms with van der Waals surface area (Å²) in [5.74, 6) is 4.06. The van der Waals surface area contributed by atoms with E-state index in [4.69, 9.17) is 5.21 Å². The second-order valence-corrected chi connectivity index (χ2v) is 2.26. The Labute approximate surface area is 58.3 Å². The lowest BCUT2D eigenvalue weighted by molar-refractivity contribution is -0.167. The van der Waals surface area contributed by atoms with Crippen molar-refractivity contribution in [1.82, 2.24) is 5.06 Å². The summed E-state index contributed by atoms with van der Waals surface area (Å²) in [6.45, 7) is 0.514. The van der Waals surface area contributed by atoms with Crippen molar-refractivity contribution in [2.75, 3.05) is 6.54 Å². The Hall–Kier alpha value is -0.650. The highest BCUT2D eigenvalue weighted by molar-refractivity contribution is 5.75. The van der Waals surface area contributed by atoms with Crippen LogP contribution in [0.4, 0.5) is 0 Å². The summed E-state index contributed by atoms with van der Waals surface area (Å²) in [7, 11) is 0. The Morgan fingerprint density at radius 1 is 1.80 bits per heavy atom. The van der Waals surface area contributed by atoms with Crippen LogP contribution in [0.3, 0.4) is 0 Å². The predicted octanol–water partition coefficient (Wildman–Crippen LogP) is -0.743. The van der Waals surface area contributed by atoms with Gasteiger partial charge in [0, 0.05) is 6.54 Å². The normalized spacial score (nSPS) is 26.8. The lowest BCUT2D eigenvalue weighted by Crippen LogP contribution is -2.35. The third kappa shape index (κ3) is 1.26. The van der Waals surface area contributed by atoms with E-state index >= 15 is 0 Å². The Morgan fingerprint density at radius 3 is 2.90 bits per heavy atom. The zero-order chi connectivity index (χ0) is 7.56. The average molecular weight is 146 g/mol. The van der Waals surface area contributed by atoms with E-state index in [-0.39, 0.29) is 0 Å². The summed E-state index contributed by atoms with van der Waals surface area (Å²) in [5.41, 5.74) is 0. The fraction of sp³-hybridized carbons (Fsp3) is 0.800. The van der Waals surface area contributed by atoms with E-state index in [0.717, 1.165) is 11.5 Å². The molecule has 3 N–H and O–H groups in total. The molecular formula is C5H10N2O3. The first-order valence-electron chi connectivity index (χ1n) is 3.12. The molecule has 0 saturated carbocycles. The van der Waals surface area contributed by atoms with Gasteiger partial charge < -0.3 is 10.0 Å². The van der Waals surface area contributed by atoms with Crippen molar-refractivity contribution in [2.45, 2.75) is 18.9 Å². The van der Waals surface area contributed by atoms with Crippen LogP contribution in [0.15, 0.2) is 0 Å². The second-order valence-electron chi connectivity index (χ2n) is 2.26. The number of carbonyl (C=O) groups is 1. The summed E-state index contributed by atoms with van der Waals surface area (Å²) >= 11 is 0. The van der Waals surface area contributed by atoms with Crippen LogP contribution >= 0.6 is 0 Å². The molecule has 0 spiro atoms. The van der Waals surface area contributed by atoms with E-state index in [1.165, 1.54) is 0 Å². The van der Waals surface area contributed by atoms with E-state index in [1.807, 2.05) is 0 Å². The lowest BCUT2D eigenvalue weighted by atomic mass is 10.2. The van der Waals surface area contributed by atoms with E-state index in [0.29, 0.717) is 13.0 Å². The molecule has 0 bridgehead atoms. The summed E-state index contributed by atoms with van der Waals surface area (Å²) in [4.78, 5) is 14.6. The molecule has 0 aromatic rings. The van der Waals surface area contributed by atoms with E-state index in [9.17, 15) is 4.79 Å². The minimum Gasteiger partial charge on any atom is -0.372 e. The number of nitrogens with two attached hydrogens (primary N) is 1. The van der Waals surface area contributed by atoms with Gasteiger partial charge in [-0.15, -0.1) is 0 Å². The maximum Gasteiger partial charge on any atom is 0.344 e. The quantitative estimate of drug-likeness (QED) is 0.476. The van der Waals surface area contributed by atoms with Gasteiger partial charge in [0.15, 0.2) is 0 Å². The molecule has 1 unspecified atom stereocenters. The second kappa shape index (κ2) is 2.96. The molecule has 1 atom stereocenters. The van der Waals surface area contributed by atoms with Crippen molar-refractivity contribution in [3.8, 4) is 0 Å². The molecule has 0 aromatic carbocycles. The molecule has 58 valence electrons. The van der Waals surface area contributed by atoms with Crippen LogP contribution < -0.4 is 5.90 Å². The van der Waals surface area contributed by atoms with Gasteiger partial charge in [0.25, 0.3) is 0 Å². The van der Waals surface area contributed by atoms with Crippen LogP contribution in [0, 0.1) is 0 Å². The average Bonchev–Trinajstić information content (AvgIpc) is 2.34. The Morgan fingerprint density at radius 2 is 2.50 bits per heavy atom. The number of hydrogen-bond acceptors (Lipinski definition) is 5. The van der Waals surface area contributed by atoms with Crippen molar-refractivity contribution in [2.24, 2.45) is 5.90 Å². The van der Waals surface area contributed by atoms with Crippen molar-refractivity contribution >= 4 is 5.97 Å². The number of hydrogen-bond donors (Lipinski definition) is 2. The van der Waals surface area contributed by atoms with Crippen molar-refractivity contribution in [1.29, 1.82) is 0 Å². The third-order valence-electron chi connectivity index (χ3n) is 1.61. The van der Waals surface area contributed by atoms with Crippen LogP contribution in [0.5, 0.6) is 0 Å². The first kappa shape index (κ1) is 7.46.